The third-order valence-electron chi connectivity index (χ3n) is 9.34. The molecule has 8 heteroatoms. The maximum Gasteiger partial charge on any atom is 0.410 e. The fraction of sp³-hybridized carbons (Fsp3) is 0.317. The molecule has 2 atom stereocenters. The summed E-state index contributed by atoms with van der Waals surface area (Å²) in [6.07, 6.45) is 3.83. The van der Waals surface area contributed by atoms with E-state index in [2.05, 4.69) is 30.8 Å². The Morgan fingerprint density at radius 2 is 1.61 bits per heavy atom. The Bertz CT molecular complexity index is 1740. The molecule has 0 N–H and O–H groups in total. The predicted molar refractivity (Wildman–Crippen MR) is 188 cm³/mol. The zero-order valence-electron chi connectivity index (χ0n) is 28.1. The molecule has 254 valence electrons. The molecule has 1 unspecified atom stereocenters. The third-order valence-corrected chi connectivity index (χ3v) is 9.34. The van der Waals surface area contributed by atoms with Crippen LogP contribution in [0.1, 0.15) is 60.0 Å². The van der Waals surface area contributed by atoms with Crippen LogP contribution in [0.5, 0.6) is 17.2 Å². The van der Waals surface area contributed by atoms with Crippen LogP contribution in [-0.2, 0) is 20.7 Å². The highest BCUT2D eigenvalue weighted by Crippen LogP contribution is 2.44. The standard InChI is InChI=1S/C41H43NO7/c1-4-24-47-30-13-11-12-29(26-30)37(21-19-28-20-22-38(45-2)39(25-28)46-3)49-40(43)36-18-9-10-23-42(36)41(44)48-27-35-33-16-7-5-14-31(33)32-15-6-8-17-34(32)35/h4-8,11-17,20,22,25-26,35-37H,1,9-10,18-19,21,23-24,27H2,2-3H3/t36-,37?/m0/s1. The summed E-state index contributed by atoms with van der Waals surface area (Å²) in [5, 5.41) is 0. The maximum atomic E-state index is 14.0. The van der Waals surface area contributed by atoms with Crippen molar-refractivity contribution in [1.82, 2.24) is 4.90 Å². The Kier molecular flexibility index (Phi) is 10.8. The van der Waals surface area contributed by atoms with Gasteiger partial charge >= 0.3 is 12.1 Å². The lowest BCUT2D eigenvalue weighted by molar-refractivity contribution is -0.157. The third kappa shape index (κ3) is 7.59. The molecular weight excluding hydrogens is 618 g/mol. The van der Waals surface area contributed by atoms with E-state index in [1.807, 2.05) is 66.7 Å². The molecule has 1 fully saturated rings. The number of likely N-dealkylation sites (tertiary alicyclic amines) is 1. The summed E-state index contributed by atoms with van der Waals surface area (Å²) in [6.45, 7) is 4.71. The molecule has 1 aliphatic carbocycles. The second kappa shape index (κ2) is 15.8. The van der Waals surface area contributed by atoms with Crippen LogP contribution in [0.25, 0.3) is 11.1 Å². The van der Waals surface area contributed by atoms with Crippen LogP contribution in [0.4, 0.5) is 4.79 Å². The first-order valence-electron chi connectivity index (χ1n) is 16.9. The van der Waals surface area contributed by atoms with Crippen molar-refractivity contribution in [2.75, 3.05) is 34.0 Å². The average Bonchev–Trinajstić information content (AvgIpc) is 3.47. The number of benzene rings is 4. The van der Waals surface area contributed by atoms with E-state index in [1.165, 1.54) is 0 Å². The van der Waals surface area contributed by atoms with E-state index < -0.39 is 24.2 Å². The van der Waals surface area contributed by atoms with Crippen molar-refractivity contribution in [3.05, 3.63) is 126 Å². The van der Waals surface area contributed by atoms with E-state index in [9.17, 15) is 9.59 Å². The van der Waals surface area contributed by atoms with Gasteiger partial charge in [0.25, 0.3) is 0 Å². The Hall–Kier alpha value is -5.24. The molecule has 0 saturated carbocycles. The number of methoxy groups -OCH3 is 2. The maximum absolute atomic E-state index is 14.0. The van der Waals surface area contributed by atoms with Crippen molar-refractivity contribution < 1.29 is 33.3 Å². The van der Waals surface area contributed by atoms with Crippen LogP contribution in [0.2, 0.25) is 0 Å². The van der Waals surface area contributed by atoms with Crippen LogP contribution in [-0.4, -0.2) is 57.0 Å². The Morgan fingerprint density at radius 3 is 2.33 bits per heavy atom. The van der Waals surface area contributed by atoms with Crippen molar-refractivity contribution in [2.45, 2.75) is 50.2 Å². The molecule has 1 amide bonds. The topological polar surface area (TPSA) is 83.5 Å². The molecule has 4 aromatic rings. The van der Waals surface area contributed by atoms with Gasteiger partial charge in [0.2, 0.25) is 0 Å². The van der Waals surface area contributed by atoms with Crippen LogP contribution in [0.3, 0.4) is 0 Å². The highest BCUT2D eigenvalue weighted by molar-refractivity contribution is 5.82. The van der Waals surface area contributed by atoms with E-state index in [-0.39, 0.29) is 12.5 Å². The number of rotatable bonds is 13. The highest BCUT2D eigenvalue weighted by atomic mass is 16.6. The van der Waals surface area contributed by atoms with Gasteiger partial charge in [0, 0.05) is 12.5 Å². The molecule has 0 bridgehead atoms. The number of nitrogens with zero attached hydrogens (tertiary/aromatic N) is 1. The minimum Gasteiger partial charge on any atom is -0.493 e. The largest absolute Gasteiger partial charge is 0.493 e. The van der Waals surface area contributed by atoms with Gasteiger partial charge in [-0.1, -0.05) is 79.4 Å². The number of carbonyl (C=O) groups excluding carboxylic acids is 2. The molecule has 1 heterocycles. The number of carbonyl (C=O) groups is 2. The second-order valence-corrected chi connectivity index (χ2v) is 12.3. The molecule has 0 aromatic heterocycles. The number of hydrogen-bond acceptors (Lipinski definition) is 7. The van der Waals surface area contributed by atoms with Gasteiger partial charge in [-0.05, 0) is 89.8 Å². The molecule has 8 nitrogen and oxygen atoms in total. The van der Waals surface area contributed by atoms with Gasteiger partial charge in [-0.2, -0.15) is 0 Å². The minimum atomic E-state index is -0.742. The average molecular weight is 662 g/mol. The Balaban J connectivity index is 1.18. The van der Waals surface area contributed by atoms with Crippen LogP contribution in [0, 0.1) is 0 Å². The summed E-state index contributed by atoms with van der Waals surface area (Å²) in [4.78, 5) is 29.2. The molecule has 1 saturated heterocycles. The van der Waals surface area contributed by atoms with Gasteiger partial charge in [-0.25, -0.2) is 9.59 Å². The molecule has 1 aliphatic heterocycles. The van der Waals surface area contributed by atoms with Gasteiger partial charge in [-0.3, -0.25) is 4.90 Å². The first-order valence-corrected chi connectivity index (χ1v) is 16.9. The van der Waals surface area contributed by atoms with Crippen molar-refractivity contribution in [1.29, 1.82) is 0 Å². The lowest BCUT2D eigenvalue weighted by Gasteiger charge is -2.34. The van der Waals surface area contributed by atoms with Crippen LogP contribution < -0.4 is 14.2 Å². The van der Waals surface area contributed by atoms with E-state index in [1.54, 1.807) is 25.2 Å². The van der Waals surface area contributed by atoms with Crippen molar-refractivity contribution in [3.63, 3.8) is 0 Å². The molecule has 6 rings (SSSR count). The smallest absolute Gasteiger partial charge is 0.410 e. The fourth-order valence-electron chi connectivity index (χ4n) is 6.88. The number of hydrogen-bond donors (Lipinski definition) is 0. The van der Waals surface area contributed by atoms with Crippen molar-refractivity contribution in [2.24, 2.45) is 0 Å². The lowest BCUT2D eigenvalue weighted by Crippen LogP contribution is -2.49. The van der Waals surface area contributed by atoms with Gasteiger partial charge in [-0.15, -0.1) is 0 Å². The number of esters is 1. The summed E-state index contributed by atoms with van der Waals surface area (Å²) in [5.74, 6) is 1.43. The molecule has 4 aromatic carbocycles. The monoisotopic (exact) mass is 661 g/mol. The highest BCUT2D eigenvalue weighted by Gasteiger charge is 2.37. The number of aryl methyl sites for hydroxylation is 1. The summed E-state index contributed by atoms with van der Waals surface area (Å²) >= 11 is 0. The van der Waals surface area contributed by atoms with Gasteiger partial charge in [0.1, 0.15) is 31.1 Å². The Labute approximate surface area is 288 Å². The molecule has 49 heavy (non-hydrogen) atoms. The van der Waals surface area contributed by atoms with Gasteiger partial charge < -0.3 is 23.7 Å². The van der Waals surface area contributed by atoms with Gasteiger partial charge in [0.15, 0.2) is 11.5 Å². The molecule has 0 radical (unpaired) electrons. The SMILES string of the molecule is C=CCOc1cccc(C(CCc2ccc(OC)c(OC)c2)OC(=O)[C@@H]2CCCCN2C(=O)OCC2c3ccccc3-c3ccccc32)c1. The normalized spacial score (nSPS) is 15.8. The quantitative estimate of drug-likeness (QED) is 0.105. The van der Waals surface area contributed by atoms with E-state index >= 15 is 0 Å². The van der Waals surface area contributed by atoms with Crippen LogP contribution >= 0.6 is 0 Å². The summed E-state index contributed by atoms with van der Waals surface area (Å²) < 4.78 is 29.0. The van der Waals surface area contributed by atoms with Crippen molar-refractivity contribution in [3.8, 4) is 28.4 Å². The zero-order valence-corrected chi connectivity index (χ0v) is 28.1. The zero-order chi connectivity index (χ0) is 34.2. The summed E-state index contributed by atoms with van der Waals surface area (Å²) in [6, 6.07) is 29.1. The van der Waals surface area contributed by atoms with Gasteiger partial charge in [0.05, 0.1) is 14.2 Å². The lowest BCUT2D eigenvalue weighted by atomic mass is 9.98. The Morgan fingerprint density at radius 1 is 0.878 bits per heavy atom. The van der Waals surface area contributed by atoms with E-state index in [0.717, 1.165) is 46.2 Å². The molecular formula is C41H43NO7. The summed E-state index contributed by atoms with van der Waals surface area (Å²) in [7, 11) is 3.21. The summed E-state index contributed by atoms with van der Waals surface area (Å²) in [5.41, 5.74) is 6.42. The van der Waals surface area contributed by atoms with E-state index in [4.69, 9.17) is 23.7 Å². The van der Waals surface area contributed by atoms with Crippen LogP contribution in [0.15, 0.2) is 104 Å². The molecule has 2 aliphatic rings. The fourth-order valence-corrected chi connectivity index (χ4v) is 6.88. The first kappa shape index (κ1) is 33.7. The number of piperidine rings is 1. The number of amides is 1. The first-order chi connectivity index (χ1) is 24.0. The second-order valence-electron chi connectivity index (χ2n) is 12.3. The number of fused-ring (bicyclic) bond motifs is 3. The predicted octanol–water partition coefficient (Wildman–Crippen LogP) is 8.29. The molecule has 0 spiro atoms. The minimum absolute atomic E-state index is 0.0666. The number of ether oxygens (including phenoxy) is 5. The van der Waals surface area contributed by atoms with E-state index in [0.29, 0.717) is 49.7 Å². The van der Waals surface area contributed by atoms with Crippen molar-refractivity contribution >= 4 is 12.1 Å².